The van der Waals surface area contributed by atoms with Gasteiger partial charge in [0.1, 0.15) is 0 Å². The average molecular weight is 280 g/mol. The topological polar surface area (TPSA) is 26.7 Å². The molecule has 0 aromatic heterocycles. The van der Waals surface area contributed by atoms with E-state index in [4.69, 9.17) is 0 Å². The van der Waals surface area contributed by atoms with Gasteiger partial charge in [-0.2, -0.15) is 0 Å². The van der Waals surface area contributed by atoms with Gasteiger partial charge in [-0.15, -0.1) is 0 Å². The highest BCUT2D eigenvalue weighted by Gasteiger charge is 2.33. The van der Waals surface area contributed by atoms with Crippen molar-refractivity contribution in [1.82, 2.24) is 9.80 Å². The molecule has 116 valence electrons. The summed E-state index contributed by atoms with van der Waals surface area (Å²) in [6.07, 6.45) is 10.5. The number of fused-ring (bicyclic) bond motifs is 1. The zero-order valence-electron chi connectivity index (χ0n) is 13.1. The van der Waals surface area contributed by atoms with Crippen molar-refractivity contribution in [3.05, 3.63) is 0 Å². The highest BCUT2D eigenvalue weighted by atomic mass is 16.3. The lowest BCUT2D eigenvalue weighted by Crippen LogP contribution is -2.59. The smallest absolute Gasteiger partial charge is 0.0669 e. The van der Waals surface area contributed by atoms with Gasteiger partial charge in [0.05, 0.1) is 6.10 Å². The van der Waals surface area contributed by atoms with Gasteiger partial charge in [-0.05, 0) is 38.6 Å². The molecular weight excluding hydrogens is 248 g/mol. The van der Waals surface area contributed by atoms with E-state index >= 15 is 0 Å². The molecule has 2 aliphatic heterocycles. The fourth-order valence-corrected chi connectivity index (χ4v) is 4.64. The molecule has 2 heterocycles. The second-order valence-electron chi connectivity index (χ2n) is 7.49. The molecule has 0 aromatic rings. The first-order valence-electron chi connectivity index (χ1n) is 8.88. The minimum atomic E-state index is -0.101. The zero-order chi connectivity index (χ0) is 13.9. The minimum absolute atomic E-state index is 0.101. The van der Waals surface area contributed by atoms with Crippen molar-refractivity contribution in [2.24, 2.45) is 5.92 Å². The maximum absolute atomic E-state index is 10.4. The molecule has 3 heteroatoms. The predicted octanol–water partition coefficient (Wildman–Crippen LogP) is 2.49. The molecule has 3 aliphatic rings. The summed E-state index contributed by atoms with van der Waals surface area (Å²) in [7, 11) is 0. The zero-order valence-corrected chi connectivity index (χ0v) is 13.1. The summed E-state index contributed by atoms with van der Waals surface area (Å²) in [6.45, 7) is 6.94. The number of piperazine rings is 1. The first kappa shape index (κ1) is 14.8. The molecule has 3 fully saturated rings. The van der Waals surface area contributed by atoms with Crippen LogP contribution in [0.3, 0.4) is 0 Å². The maximum Gasteiger partial charge on any atom is 0.0669 e. The van der Waals surface area contributed by atoms with Crippen molar-refractivity contribution in [1.29, 1.82) is 0 Å². The molecule has 0 bridgehead atoms. The summed E-state index contributed by atoms with van der Waals surface area (Å²) in [5.41, 5.74) is 0. The maximum atomic E-state index is 10.4. The molecule has 0 aromatic carbocycles. The van der Waals surface area contributed by atoms with Gasteiger partial charge in [0.15, 0.2) is 0 Å². The van der Waals surface area contributed by atoms with Crippen LogP contribution in [0.1, 0.15) is 58.3 Å². The van der Waals surface area contributed by atoms with Crippen LogP contribution in [0.2, 0.25) is 0 Å². The van der Waals surface area contributed by atoms with Crippen LogP contribution in [0, 0.1) is 5.92 Å². The highest BCUT2D eigenvalue weighted by molar-refractivity contribution is 4.90. The Bertz CT molecular complexity index is 303. The molecule has 1 aliphatic carbocycles. The summed E-state index contributed by atoms with van der Waals surface area (Å²) < 4.78 is 0. The molecule has 3 rings (SSSR count). The van der Waals surface area contributed by atoms with Crippen molar-refractivity contribution in [2.45, 2.75) is 76.5 Å². The molecule has 20 heavy (non-hydrogen) atoms. The van der Waals surface area contributed by atoms with Gasteiger partial charge in [-0.3, -0.25) is 9.80 Å². The Morgan fingerprint density at radius 1 is 1.05 bits per heavy atom. The minimum Gasteiger partial charge on any atom is -0.392 e. The van der Waals surface area contributed by atoms with Gasteiger partial charge in [0.2, 0.25) is 0 Å². The fraction of sp³-hybridized carbons (Fsp3) is 1.00. The van der Waals surface area contributed by atoms with Crippen LogP contribution in [0.15, 0.2) is 0 Å². The third-order valence-corrected chi connectivity index (χ3v) is 5.84. The van der Waals surface area contributed by atoms with E-state index in [0.717, 1.165) is 24.9 Å². The molecule has 0 radical (unpaired) electrons. The quantitative estimate of drug-likeness (QED) is 0.857. The van der Waals surface area contributed by atoms with Gasteiger partial charge in [0.25, 0.3) is 0 Å². The van der Waals surface area contributed by atoms with E-state index in [1.54, 1.807) is 0 Å². The van der Waals surface area contributed by atoms with Crippen LogP contribution in [-0.4, -0.2) is 59.3 Å². The Morgan fingerprint density at radius 3 is 2.60 bits per heavy atom. The summed E-state index contributed by atoms with van der Waals surface area (Å²) in [6, 6.07) is 1.38. The number of nitrogens with zero attached hydrogens (tertiary/aromatic N) is 2. The standard InChI is InChI=1S/C17H32N2O/c1-14-11-18-9-5-4-8-16(18)12-19(14)13-17(20)10-15-6-2-3-7-15/h14-17,20H,2-13H2,1H3. The number of hydrogen-bond acceptors (Lipinski definition) is 3. The second kappa shape index (κ2) is 6.76. The van der Waals surface area contributed by atoms with E-state index in [0.29, 0.717) is 6.04 Å². The molecule has 3 atom stereocenters. The van der Waals surface area contributed by atoms with E-state index in [-0.39, 0.29) is 6.10 Å². The number of aliphatic hydroxyl groups is 1. The van der Waals surface area contributed by atoms with Gasteiger partial charge in [-0.1, -0.05) is 32.1 Å². The molecule has 2 saturated heterocycles. The summed E-state index contributed by atoms with van der Waals surface area (Å²) in [5.74, 6) is 0.802. The largest absolute Gasteiger partial charge is 0.392 e. The van der Waals surface area contributed by atoms with Gasteiger partial charge < -0.3 is 5.11 Å². The van der Waals surface area contributed by atoms with Gasteiger partial charge in [0, 0.05) is 31.7 Å². The van der Waals surface area contributed by atoms with Crippen molar-refractivity contribution in [3.8, 4) is 0 Å². The third-order valence-electron chi connectivity index (χ3n) is 5.84. The van der Waals surface area contributed by atoms with Crippen LogP contribution in [-0.2, 0) is 0 Å². The van der Waals surface area contributed by atoms with Crippen LogP contribution < -0.4 is 0 Å². The van der Waals surface area contributed by atoms with E-state index in [9.17, 15) is 5.11 Å². The number of piperidine rings is 1. The molecular formula is C17H32N2O. The lowest BCUT2D eigenvalue weighted by Gasteiger charge is -2.48. The summed E-state index contributed by atoms with van der Waals surface area (Å²) >= 11 is 0. The molecule has 1 saturated carbocycles. The summed E-state index contributed by atoms with van der Waals surface area (Å²) in [4.78, 5) is 5.25. The Labute approximate surface area is 124 Å². The Hall–Kier alpha value is -0.120. The van der Waals surface area contributed by atoms with Crippen LogP contribution in [0.25, 0.3) is 0 Å². The number of hydrogen-bond donors (Lipinski definition) is 1. The van der Waals surface area contributed by atoms with Gasteiger partial charge in [-0.25, -0.2) is 0 Å². The Morgan fingerprint density at radius 2 is 1.80 bits per heavy atom. The lowest BCUT2D eigenvalue weighted by molar-refractivity contribution is -0.0110. The molecule has 1 N–H and O–H groups in total. The highest BCUT2D eigenvalue weighted by Crippen LogP contribution is 2.29. The van der Waals surface area contributed by atoms with Crippen LogP contribution in [0.4, 0.5) is 0 Å². The predicted molar refractivity (Wildman–Crippen MR) is 82.8 cm³/mol. The van der Waals surface area contributed by atoms with Crippen molar-refractivity contribution >= 4 is 0 Å². The van der Waals surface area contributed by atoms with Gasteiger partial charge >= 0.3 is 0 Å². The summed E-state index contributed by atoms with van der Waals surface area (Å²) in [5, 5.41) is 10.4. The number of rotatable bonds is 4. The van der Waals surface area contributed by atoms with Crippen LogP contribution >= 0.6 is 0 Å². The van der Waals surface area contributed by atoms with E-state index in [1.807, 2.05) is 0 Å². The average Bonchev–Trinajstić information content (AvgIpc) is 2.92. The lowest BCUT2D eigenvalue weighted by atomic mass is 9.95. The third kappa shape index (κ3) is 3.55. The number of aliphatic hydroxyl groups excluding tert-OH is 1. The first-order chi connectivity index (χ1) is 9.72. The molecule has 0 spiro atoms. The van der Waals surface area contributed by atoms with Crippen LogP contribution in [0.5, 0.6) is 0 Å². The first-order valence-corrected chi connectivity index (χ1v) is 8.88. The Balaban J connectivity index is 1.48. The monoisotopic (exact) mass is 280 g/mol. The van der Waals surface area contributed by atoms with Crippen molar-refractivity contribution < 1.29 is 5.11 Å². The molecule has 3 unspecified atom stereocenters. The second-order valence-corrected chi connectivity index (χ2v) is 7.49. The normalized spacial score (nSPS) is 35.1. The van der Waals surface area contributed by atoms with E-state index in [2.05, 4.69) is 16.7 Å². The molecule has 0 amide bonds. The molecule has 3 nitrogen and oxygen atoms in total. The van der Waals surface area contributed by atoms with Crippen molar-refractivity contribution in [3.63, 3.8) is 0 Å². The number of β-amino-alcohol motifs (C(OH)–C–C–N with tert-alkyl or cyclic N) is 1. The SMILES string of the molecule is CC1CN2CCCCC2CN1CC(O)CC1CCCC1. The van der Waals surface area contributed by atoms with Crippen molar-refractivity contribution in [2.75, 3.05) is 26.2 Å². The van der Waals surface area contributed by atoms with E-state index < -0.39 is 0 Å². The van der Waals surface area contributed by atoms with E-state index in [1.165, 1.54) is 64.6 Å². The Kier molecular flexibility index (Phi) is 5.00. The fourth-order valence-electron chi connectivity index (χ4n) is 4.64.